The molecule has 2 bridgehead atoms. The molecule has 0 unspecified atom stereocenters. The van der Waals surface area contributed by atoms with E-state index in [-0.39, 0.29) is 11.8 Å². The van der Waals surface area contributed by atoms with Gasteiger partial charge in [0.1, 0.15) is 0 Å². The summed E-state index contributed by atoms with van der Waals surface area (Å²) in [4.78, 5) is 14.9. The van der Waals surface area contributed by atoms with Gasteiger partial charge in [-0.05, 0) is 56.3 Å². The molecule has 1 aromatic heterocycles. The molecule has 0 aromatic carbocycles. The van der Waals surface area contributed by atoms with Crippen LogP contribution in [0.25, 0.3) is 0 Å². The SMILES string of the molecule is CC(C)c1nnc(CCC(=O)N2CCC[C@@H]2C[C@H]2C[C@H]3CC[C@H]2C3)o1. The third-order valence-corrected chi connectivity index (χ3v) is 6.69. The standard InChI is InChI=1S/C20H31N3O2/c1-13(2)20-22-21-18(25-20)7-8-19(24)23-9-3-4-17(23)12-16-11-14-5-6-15(16)10-14/h13-17H,3-12H2,1-2H3/t14-,15-,16+,17+/m0/s1. The van der Waals surface area contributed by atoms with Crippen LogP contribution >= 0.6 is 0 Å². The third kappa shape index (κ3) is 3.61. The number of fused-ring (bicyclic) bond motifs is 2. The van der Waals surface area contributed by atoms with Crippen molar-refractivity contribution in [3.63, 3.8) is 0 Å². The van der Waals surface area contributed by atoms with E-state index < -0.39 is 0 Å². The largest absolute Gasteiger partial charge is 0.425 e. The highest BCUT2D eigenvalue weighted by Crippen LogP contribution is 2.50. The topological polar surface area (TPSA) is 59.2 Å². The van der Waals surface area contributed by atoms with Crippen LogP contribution in [0.2, 0.25) is 0 Å². The number of amides is 1. The summed E-state index contributed by atoms with van der Waals surface area (Å²) in [5, 5.41) is 8.13. The Kier molecular flexibility index (Phi) is 4.83. The van der Waals surface area contributed by atoms with Crippen molar-refractivity contribution < 1.29 is 9.21 Å². The molecule has 5 heteroatoms. The molecule has 0 radical (unpaired) electrons. The molecule has 138 valence electrons. The average molecular weight is 345 g/mol. The van der Waals surface area contributed by atoms with E-state index in [0.717, 1.165) is 30.7 Å². The van der Waals surface area contributed by atoms with Gasteiger partial charge in [-0.15, -0.1) is 10.2 Å². The number of aryl methyl sites for hydroxylation is 1. The highest BCUT2D eigenvalue weighted by Gasteiger charge is 2.42. The maximum absolute atomic E-state index is 12.7. The van der Waals surface area contributed by atoms with Crippen molar-refractivity contribution in [1.82, 2.24) is 15.1 Å². The monoisotopic (exact) mass is 345 g/mol. The Morgan fingerprint density at radius 3 is 2.80 bits per heavy atom. The Balaban J connectivity index is 1.29. The number of hydrogen-bond donors (Lipinski definition) is 0. The van der Waals surface area contributed by atoms with Crippen molar-refractivity contribution in [2.45, 2.75) is 83.6 Å². The number of hydrogen-bond acceptors (Lipinski definition) is 4. The third-order valence-electron chi connectivity index (χ3n) is 6.69. The molecule has 1 aliphatic heterocycles. The van der Waals surface area contributed by atoms with E-state index in [4.69, 9.17) is 4.42 Å². The molecule has 2 aliphatic carbocycles. The zero-order valence-corrected chi connectivity index (χ0v) is 15.6. The summed E-state index contributed by atoms with van der Waals surface area (Å²) < 4.78 is 5.63. The maximum atomic E-state index is 12.7. The molecule has 4 atom stereocenters. The summed E-state index contributed by atoms with van der Waals surface area (Å²) >= 11 is 0. The summed E-state index contributed by atoms with van der Waals surface area (Å²) in [5.41, 5.74) is 0. The van der Waals surface area contributed by atoms with Gasteiger partial charge in [0.15, 0.2) is 0 Å². The van der Waals surface area contributed by atoms with Crippen molar-refractivity contribution >= 4 is 5.91 Å². The Labute approximate surface area is 150 Å². The second kappa shape index (κ2) is 7.08. The number of likely N-dealkylation sites (tertiary alicyclic amines) is 1. The lowest BCUT2D eigenvalue weighted by Gasteiger charge is -2.30. The smallest absolute Gasteiger partial charge is 0.223 e. The van der Waals surface area contributed by atoms with Crippen LogP contribution in [-0.4, -0.2) is 33.6 Å². The molecule has 4 rings (SSSR count). The zero-order chi connectivity index (χ0) is 17.4. The highest BCUT2D eigenvalue weighted by molar-refractivity contribution is 5.77. The van der Waals surface area contributed by atoms with Crippen LogP contribution in [0.3, 0.4) is 0 Å². The molecular weight excluding hydrogens is 314 g/mol. The lowest BCUT2D eigenvalue weighted by Crippen LogP contribution is -2.37. The summed E-state index contributed by atoms with van der Waals surface area (Å²) in [7, 11) is 0. The maximum Gasteiger partial charge on any atom is 0.223 e. The molecule has 2 saturated carbocycles. The Morgan fingerprint density at radius 2 is 2.12 bits per heavy atom. The molecule has 0 spiro atoms. The summed E-state index contributed by atoms with van der Waals surface area (Å²) in [5.74, 6) is 4.60. The highest BCUT2D eigenvalue weighted by atomic mass is 16.4. The van der Waals surface area contributed by atoms with Crippen molar-refractivity contribution in [2.75, 3.05) is 6.54 Å². The summed E-state index contributed by atoms with van der Waals surface area (Å²) in [6.45, 7) is 5.01. The van der Waals surface area contributed by atoms with E-state index in [2.05, 4.69) is 15.1 Å². The minimum Gasteiger partial charge on any atom is -0.425 e. The number of rotatable bonds is 6. The summed E-state index contributed by atoms with van der Waals surface area (Å²) in [6, 6.07) is 0.478. The molecule has 1 amide bonds. The number of nitrogens with zero attached hydrogens (tertiary/aromatic N) is 3. The average Bonchev–Trinajstić information content (AvgIpc) is 3.36. The first-order valence-corrected chi connectivity index (χ1v) is 10.2. The molecule has 1 saturated heterocycles. The minimum absolute atomic E-state index is 0.238. The van der Waals surface area contributed by atoms with Crippen LogP contribution in [0.5, 0.6) is 0 Å². The van der Waals surface area contributed by atoms with Gasteiger partial charge < -0.3 is 9.32 Å². The van der Waals surface area contributed by atoms with Crippen LogP contribution < -0.4 is 0 Å². The fourth-order valence-electron chi connectivity index (χ4n) is 5.38. The van der Waals surface area contributed by atoms with E-state index in [1.165, 1.54) is 38.5 Å². The second-order valence-electron chi connectivity index (χ2n) is 8.74. The van der Waals surface area contributed by atoms with Crippen LogP contribution in [0, 0.1) is 17.8 Å². The number of carbonyl (C=O) groups is 1. The van der Waals surface area contributed by atoms with Gasteiger partial charge in [-0.1, -0.05) is 20.3 Å². The van der Waals surface area contributed by atoms with Crippen LogP contribution in [0.4, 0.5) is 0 Å². The lowest BCUT2D eigenvalue weighted by molar-refractivity contribution is -0.132. The van der Waals surface area contributed by atoms with Gasteiger partial charge in [0.2, 0.25) is 17.7 Å². The van der Waals surface area contributed by atoms with Crippen molar-refractivity contribution in [3.05, 3.63) is 11.8 Å². The predicted octanol–water partition coefficient (Wildman–Crippen LogP) is 3.94. The zero-order valence-electron chi connectivity index (χ0n) is 15.6. The Morgan fingerprint density at radius 1 is 1.24 bits per heavy atom. The molecule has 5 nitrogen and oxygen atoms in total. The van der Waals surface area contributed by atoms with E-state index in [0.29, 0.717) is 30.7 Å². The van der Waals surface area contributed by atoms with Gasteiger partial charge in [0.25, 0.3) is 0 Å². The number of aromatic nitrogens is 2. The molecule has 25 heavy (non-hydrogen) atoms. The number of carbonyl (C=O) groups excluding carboxylic acids is 1. The van der Waals surface area contributed by atoms with E-state index in [9.17, 15) is 4.79 Å². The van der Waals surface area contributed by atoms with Gasteiger partial charge in [-0.3, -0.25) is 4.79 Å². The fraction of sp³-hybridized carbons (Fsp3) is 0.850. The molecule has 3 fully saturated rings. The first kappa shape index (κ1) is 17.0. The molecule has 1 aromatic rings. The normalized spacial score (nSPS) is 31.4. The van der Waals surface area contributed by atoms with Gasteiger partial charge >= 0.3 is 0 Å². The Hall–Kier alpha value is -1.39. The fourth-order valence-corrected chi connectivity index (χ4v) is 5.38. The second-order valence-corrected chi connectivity index (χ2v) is 8.74. The Bertz CT molecular complexity index is 612. The van der Waals surface area contributed by atoms with Crippen molar-refractivity contribution in [1.29, 1.82) is 0 Å². The first-order chi connectivity index (χ1) is 12.1. The molecule has 3 aliphatic rings. The van der Waals surface area contributed by atoms with Crippen LogP contribution in [0.15, 0.2) is 4.42 Å². The molecule has 0 N–H and O–H groups in total. The van der Waals surface area contributed by atoms with Gasteiger partial charge in [-0.2, -0.15) is 0 Å². The van der Waals surface area contributed by atoms with Crippen molar-refractivity contribution in [2.24, 2.45) is 17.8 Å². The molecular formula is C20H31N3O2. The molecule has 2 heterocycles. The quantitative estimate of drug-likeness (QED) is 0.783. The first-order valence-electron chi connectivity index (χ1n) is 10.2. The minimum atomic E-state index is 0.238. The van der Waals surface area contributed by atoms with E-state index >= 15 is 0 Å². The van der Waals surface area contributed by atoms with E-state index in [1.54, 1.807) is 0 Å². The predicted molar refractivity (Wildman–Crippen MR) is 95.0 cm³/mol. The van der Waals surface area contributed by atoms with E-state index in [1.807, 2.05) is 13.8 Å². The summed E-state index contributed by atoms with van der Waals surface area (Å²) in [6.07, 6.45) is 10.4. The van der Waals surface area contributed by atoms with Crippen molar-refractivity contribution in [3.8, 4) is 0 Å². The van der Waals surface area contributed by atoms with Crippen LogP contribution in [-0.2, 0) is 11.2 Å². The van der Waals surface area contributed by atoms with Gasteiger partial charge in [-0.25, -0.2) is 0 Å². The van der Waals surface area contributed by atoms with Gasteiger partial charge in [0, 0.05) is 31.3 Å². The van der Waals surface area contributed by atoms with Crippen LogP contribution in [0.1, 0.15) is 82.9 Å². The van der Waals surface area contributed by atoms with Gasteiger partial charge in [0.05, 0.1) is 0 Å². The lowest BCUT2D eigenvalue weighted by atomic mass is 9.83.